The number of fused-ring (bicyclic) bond motifs is 1. The summed E-state index contributed by atoms with van der Waals surface area (Å²) in [4.78, 5) is 31.4. The number of alkyl halides is 1. The van der Waals surface area contributed by atoms with Crippen molar-refractivity contribution in [1.29, 1.82) is 0 Å². The normalized spacial score (nSPS) is 16.7. The summed E-state index contributed by atoms with van der Waals surface area (Å²) in [5, 5.41) is 8.28. The second kappa shape index (κ2) is 11.1. The zero-order chi connectivity index (χ0) is 27.6. The van der Waals surface area contributed by atoms with Crippen LogP contribution >= 0.6 is 0 Å². The van der Waals surface area contributed by atoms with Crippen LogP contribution in [0.15, 0.2) is 78.8 Å². The molecule has 0 atom stereocenters. The van der Waals surface area contributed by atoms with Gasteiger partial charge in [-0.15, -0.1) is 0 Å². The Morgan fingerprint density at radius 3 is 2.65 bits per heavy atom. The Balaban J connectivity index is 1.14. The van der Waals surface area contributed by atoms with Crippen molar-refractivity contribution in [2.75, 3.05) is 13.1 Å². The molecule has 1 aliphatic carbocycles. The van der Waals surface area contributed by atoms with Crippen molar-refractivity contribution < 1.29 is 14.0 Å². The predicted molar refractivity (Wildman–Crippen MR) is 153 cm³/mol. The molecule has 0 saturated carbocycles. The fourth-order valence-corrected chi connectivity index (χ4v) is 5.32. The SMILES string of the molecule is Cc1ccc(Cn2cc(C(=O)NC3=CCC(=O)C(c4cc5cc(CN6CCC(F)CC6)ccc5[nH]4)=C3)cn2)cc1. The van der Waals surface area contributed by atoms with Crippen LogP contribution < -0.4 is 5.32 Å². The van der Waals surface area contributed by atoms with E-state index in [9.17, 15) is 14.0 Å². The number of benzene rings is 2. The molecule has 0 unspecified atom stereocenters. The highest BCUT2D eigenvalue weighted by atomic mass is 19.1. The molecule has 1 aliphatic heterocycles. The summed E-state index contributed by atoms with van der Waals surface area (Å²) in [6, 6.07) is 16.4. The summed E-state index contributed by atoms with van der Waals surface area (Å²) >= 11 is 0. The number of ketones is 1. The molecule has 0 spiro atoms. The third kappa shape index (κ3) is 5.82. The number of allylic oxidation sites excluding steroid dienone is 3. The molecule has 1 saturated heterocycles. The number of hydrogen-bond donors (Lipinski definition) is 2. The van der Waals surface area contributed by atoms with E-state index in [1.54, 1.807) is 29.2 Å². The first-order valence-electron chi connectivity index (χ1n) is 13.7. The minimum atomic E-state index is -0.683. The number of aromatic amines is 1. The molecule has 8 heteroatoms. The van der Waals surface area contributed by atoms with Gasteiger partial charge in [-0.05, 0) is 55.2 Å². The molecule has 2 aliphatic rings. The van der Waals surface area contributed by atoms with Crippen LogP contribution in [0, 0.1) is 6.92 Å². The number of aromatic nitrogens is 3. The smallest absolute Gasteiger partial charge is 0.258 e. The monoisotopic (exact) mass is 537 g/mol. The fraction of sp³-hybridized carbons (Fsp3) is 0.281. The van der Waals surface area contributed by atoms with Crippen LogP contribution in [0.25, 0.3) is 16.5 Å². The van der Waals surface area contributed by atoms with E-state index in [0.29, 0.717) is 36.2 Å². The molecule has 0 radical (unpaired) electrons. The summed E-state index contributed by atoms with van der Waals surface area (Å²) in [5.41, 5.74) is 6.70. The maximum absolute atomic E-state index is 13.5. The highest BCUT2D eigenvalue weighted by Gasteiger charge is 2.21. The standard InChI is InChI=1S/C32H32FN5O2/c1-21-2-4-22(5-3-21)19-38-20-25(17-34-38)32(40)35-27-7-9-31(39)28(16-27)30-15-24-14-23(6-8-29(24)36-30)18-37-12-10-26(33)11-13-37/h2-8,14-17,20,26,36H,9-13,18-19H2,1H3,(H,35,40). The minimum absolute atomic E-state index is 0.00945. The Kier molecular flexibility index (Phi) is 7.17. The van der Waals surface area contributed by atoms with E-state index in [1.807, 2.05) is 31.2 Å². The number of rotatable bonds is 7. The van der Waals surface area contributed by atoms with Crippen molar-refractivity contribution >= 4 is 28.2 Å². The fourth-order valence-electron chi connectivity index (χ4n) is 5.32. The van der Waals surface area contributed by atoms with Crippen molar-refractivity contribution in [3.05, 3.63) is 107 Å². The number of carbonyl (C=O) groups excluding carboxylic acids is 2. The summed E-state index contributed by atoms with van der Waals surface area (Å²) in [7, 11) is 0. The van der Waals surface area contributed by atoms with E-state index in [4.69, 9.17) is 0 Å². The number of halogens is 1. The number of Topliss-reactive ketones (excluding diaryl/α,β-unsaturated/α-hetero) is 1. The number of carbonyl (C=O) groups is 2. The summed E-state index contributed by atoms with van der Waals surface area (Å²) < 4.78 is 15.2. The van der Waals surface area contributed by atoms with Gasteiger partial charge in [0.2, 0.25) is 0 Å². The number of nitrogens with zero attached hydrogens (tertiary/aromatic N) is 3. The van der Waals surface area contributed by atoms with Crippen LogP contribution in [0.4, 0.5) is 4.39 Å². The number of hydrogen-bond acceptors (Lipinski definition) is 4. The largest absolute Gasteiger partial charge is 0.354 e. The van der Waals surface area contributed by atoms with Crippen molar-refractivity contribution in [3.8, 4) is 0 Å². The number of nitrogens with one attached hydrogen (secondary N) is 2. The molecule has 2 aromatic carbocycles. The molecular weight excluding hydrogens is 505 g/mol. The van der Waals surface area contributed by atoms with E-state index < -0.39 is 6.17 Å². The lowest BCUT2D eigenvalue weighted by molar-refractivity contribution is -0.113. The third-order valence-electron chi connectivity index (χ3n) is 7.62. The lowest BCUT2D eigenvalue weighted by atomic mass is 9.98. The molecular formula is C32H32FN5O2. The summed E-state index contributed by atoms with van der Waals surface area (Å²) in [6.45, 7) is 4.95. The van der Waals surface area contributed by atoms with Crippen LogP contribution in [-0.4, -0.2) is 50.6 Å². The number of aryl methyl sites for hydroxylation is 1. The maximum Gasteiger partial charge on any atom is 0.258 e. The van der Waals surface area contributed by atoms with Crippen LogP contribution in [0.1, 0.15) is 52.0 Å². The maximum atomic E-state index is 13.5. The third-order valence-corrected chi connectivity index (χ3v) is 7.62. The topological polar surface area (TPSA) is 83.0 Å². The van der Waals surface area contributed by atoms with Crippen molar-refractivity contribution in [3.63, 3.8) is 0 Å². The molecule has 40 heavy (non-hydrogen) atoms. The predicted octanol–water partition coefficient (Wildman–Crippen LogP) is 5.33. The summed E-state index contributed by atoms with van der Waals surface area (Å²) in [6.07, 6.45) is 7.46. The van der Waals surface area contributed by atoms with Gasteiger partial charge >= 0.3 is 0 Å². The quantitative estimate of drug-likeness (QED) is 0.334. The zero-order valence-corrected chi connectivity index (χ0v) is 22.5. The first-order chi connectivity index (χ1) is 19.4. The lowest BCUT2D eigenvalue weighted by Crippen LogP contribution is -2.33. The Morgan fingerprint density at radius 2 is 1.85 bits per heavy atom. The van der Waals surface area contributed by atoms with Crippen molar-refractivity contribution in [2.45, 2.75) is 45.4 Å². The van der Waals surface area contributed by atoms with Gasteiger partial charge in [-0.2, -0.15) is 5.10 Å². The molecule has 3 heterocycles. The van der Waals surface area contributed by atoms with E-state index in [-0.39, 0.29) is 18.1 Å². The van der Waals surface area contributed by atoms with Crippen LogP contribution in [0.5, 0.6) is 0 Å². The minimum Gasteiger partial charge on any atom is -0.354 e. The van der Waals surface area contributed by atoms with Crippen LogP contribution in [-0.2, 0) is 17.9 Å². The van der Waals surface area contributed by atoms with Gasteiger partial charge in [-0.3, -0.25) is 19.2 Å². The molecule has 1 amide bonds. The molecule has 0 bridgehead atoms. The molecule has 204 valence electrons. The first kappa shape index (κ1) is 26.0. The van der Waals surface area contributed by atoms with Crippen LogP contribution in [0.3, 0.4) is 0 Å². The number of piperidine rings is 1. The van der Waals surface area contributed by atoms with Gasteiger partial charge in [0, 0.05) is 54.4 Å². The first-order valence-corrected chi connectivity index (χ1v) is 13.7. The van der Waals surface area contributed by atoms with E-state index in [1.165, 1.54) is 5.56 Å². The van der Waals surface area contributed by atoms with Gasteiger partial charge in [-0.25, -0.2) is 4.39 Å². The second-order valence-electron chi connectivity index (χ2n) is 10.8. The van der Waals surface area contributed by atoms with Gasteiger partial charge in [0.05, 0.1) is 24.0 Å². The van der Waals surface area contributed by atoms with Gasteiger partial charge < -0.3 is 10.3 Å². The van der Waals surface area contributed by atoms with Crippen LogP contribution in [0.2, 0.25) is 0 Å². The second-order valence-corrected chi connectivity index (χ2v) is 10.8. The molecule has 6 rings (SSSR count). The van der Waals surface area contributed by atoms with Gasteiger partial charge in [-0.1, -0.05) is 42.0 Å². The molecule has 2 N–H and O–H groups in total. The van der Waals surface area contributed by atoms with Crippen molar-refractivity contribution in [1.82, 2.24) is 25.0 Å². The zero-order valence-electron chi connectivity index (χ0n) is 22.5. The number of likely N-dealkylation sites (tertiary alicyclic amines) is 1. The summed E-state index contributed by atoms with van der Waals surface area (Å²) in [5.74, 6) is -0.283. The number of H-pyrrole nitrogens is 1. The highest BCUT2D eigenvalue weighted by molar-refractivity contribution is 6.23. The Hall–Kier alpha value is -4.30. The van der Waals surface area contributed by atoms with Gasteiger partial charge in [0.1, 0.15) is 6.17 Å². The molecule has 2 aromatic heterocycles. The van der Waals surface area contributed by atoms with Gasteiger partial charge in [0.15, 0.2) is 5.78 Å². The lowest BCUT2D eigenvalue weighted by Gasteiger charge is -2.28. The highest BCUT2D eigenvalue weighted by Crippen LogP contribution is 2.27. The molecule has 7 nitrogen and oxygen atoms in total. The molecule has 4 aromatic rings. The average molecular weight is 538 g/mol. The average Bonchev–Trinajstić information content (AvgIpc) is 3.59. The van der Waals surface area contributed by atoms with Crippen molar-refractivity contribution in [2.24, 2.45) is 0 Å². The number of amides is 1. The van der Waals surface area contributed by atoms with E-state index in [2.05, 4.69) is 44.6 Å². The van der Waals surface area contributed by atoms with E-state index >= 15 is 0 Å². The Bertz CT molecular complexity index is 1620. The van der Waals surface area contributed by atoms with Gasteiger partial charge in [0.25, 0.3) is 5.91 Å². The Labute approximate surface area is 232 Å². The Morgan fingerprint density at radius 1 is 1.07 bits per heavy atom. The van der Waals surface area contributed by atoms with E-state index in [0.717, 1.165) is 47.4 Å². The molecule has 1 fully saturated rings.